The van der Waals surface area contributed by atoms with Gasteiger partial charge in [-0.2, -0.15) is 0 Å². The summed E-state index contributed by atoms with van der Waals surface area (Å²) >= 11 is 0. The Kier molecular flexibility index (Phi) is 4.73. The highest BCUT2D eigenvalue weighted by atomic mass is 32.2. The summed E-state index contributed by atoms with van der Waals surface area (Å²) in [4.78, 5) is 16.2. The van der Waals surface area contributed by atoms with Gasteiger partial charge in [0.25, 0.3) is 0 Å². The average molecular weight is 415 g/mol. The van der Waals surface area contributed by atoms with Crippen LogP contribution in [0.25, 0.3) is 10.9 Å². The lowest BCUT2D eigenvalue weighted by molar-refractivity contribution is -0.145. The number of hydrogen-bond donors (Lipinski definition) is 1. The molecule has 3 aromatic rings. The maximum atomic E-state index is 13.7. The molecule has 5 nitrogen and oxygen atoms in total. The summed E-state index contributed by atoms with van der Waals surface area (Å²) in [5, 5.41) is 0.809. The molecular formula is C22H22FNO4S. The third kappa shape index (κ3) is 2.95. The highest BCUT2D eigenvalue weighted by Crippen LogP contribution is 2.42. The molecule has 152 valence electrons. The van der Waals surface area contributed by atoms with Gasteiger partial charge in [-0.1, -0.05) is 18.2 Å². The van der Waals surface area contributed by atoms with Crippen LogP contribution >= 0.6 is 0 Å². The number of carbonyl (C=O) groups excluding carboxylic acids is 1. The van der Waals surface area contributed by atoms with Gasteiger partial charge < -0.3 is 9.72 Å². The number of aryl methyl sites for hydroxylation is 1. The molecule has 2 atom stereocenters. The van der Waals surface area contributed by atoms with Crippen LogP contribution < -0.4 is 0 Å². The van der Waals surface area contributed by atoms with Gasteiger partial charge in [0.2, 0.25) is 0 Å². The number of halogens is 1. The largest absolute Gasteiger partial charge is 0.468 e. The van der Waals surface area contributed by atoms with Gasteiger partial charge in [-0.25, -0.2) is 12.8 Å². The van der Waals surface area contributed by atoms with E-state index in [-0.39, 0.29) is 10.7 Å². The zero-order valence-corrected chi connectivity index (χ0v) is 17.1. The maximum Gasteiger partial charge on any atom is 0.327 e. The molecular weight excluding hydrogens is 393 g/mol. The molecule has 1 aliphatic carbocycles. The number of benzene rings is 2. The smallest absolute Gasteiger partial charge is 0.327 e. The minimum Gasteiger partial charge on any atom is -0.468 e. The number of esters is 1. The van der Waals surface area contributed by atoms with Crippen LogP contribution in [-0.2, 0) is 32.2 Å². The van der Waals surface area contributed by atoms with Gasteiger partial charge in [0.1, 0.15) is 5.82 Å². The Morgan fingerprint density at radius 1 is 1.21 bits per heavy atom. The molecule has 0 bridgehead atoms. The summed E-state index contributed by atoms with van der Waals surface area (Å²) < 4.78 is 44.0. The number of aromatic nitrogens is 1. The van der Waals surface area contributed by atoms with Gasteiger partial charge >= 0.3 is 5.97 Å². The fourth-order valence-electron chi connectivity index (χ4n) is 4.42. The van der Waals surface area contributed by atoms with E-state index in [9.17, 15) is 17.6 Å². The van der Waals surface area contributed by atoms with Gasteiger partial charge in [0.15, 0.2) is 14.6 Å². The maximum absolute atomic E-state index is 13.7. The summed E-state index contributed by atoms with van der Waals surface area (Å²) in [5.41, 5.74) is 2.64. The van der Waals surface area contributed by atoms with Crippen molar-refractivity contribution in [3.8, 4) is 0 Å². The Hall–Kier alpha value is -2.67. The van der Waals surface area contributed by atoms with Crippen molar-refractivity contribution in [2.24, 2.45) is 5.92 Å². The number of H-pyrrole nitrogens is 1. The van der Waals surface area contributed by atoms with Crippen LogP contribution in [0.1, 0.15) is 24.6 Å². The molecule has 29 heavy (non-hydrogen) atoms. The zero-order chi connectivity index (χ0) is 20.8. The Balaban J connectivity index is 1.80. The summed E-state index contributed by atoms with van der Waals surface area (Å²) in [7, 11) is -2.79. The van der Waals surface area contributed by atoms with Crippen LogP contribution in [0.5, 0.6) is 0 Å². The molecule has 1 aromatic heterocycles. The summed E-state index contributed by atoms with van der Waals surface area (Å²) in [5.74, 6) is -1.56. The van der Waals surface area contributed by atoms with Crippen molar-refractivity contribution < 1.29 is 22.3 Å². The SMILES string of the molecule is COC(=O)C(C)(C1CCc2c([nH]c3ccc(F)cc23)C1)S(=O)(=O)c1ccccc1. The number of sulfone groups is 1. The molecule has 0 aliphatic heterocycles. The lowest BCUT2D eigenvalue weighted by Crippen LogP contribution is -2.52. The number of ether oxygens (including phenoxy) is 1. The Bertz CT molecular complexity index is 1190. The molecule has 2 aromatic carbocycles. The lowest BCUT2D eigenvalue weighted by Gasteiger charge is -2.36. The minimum atomic E-state index is -4.00. The number of rotatable bonds is 4. The first-order valence-corrected chi connectivity index (χ1v) is 10.9. The van der Waals surface area contributed by atoms with Gasteiger partial charge in [0.05, 0.1) is 12.0 Å². The first-order chi connectivity index (χ1) is 13.8. The highest BCUT2D eigenvalue weighted by Gasteiger charge is 2.54. The van der Waals surface area contributed by atoms with Crippen molar-refractivity contribution >= 4 is 26.7 Å². The Morgan fingerprint density at radius 3 is 2.62 bits per heavy atom. The van der Waals surface area contributed by atoms with Gasteiger partial charge in [-0.05, 0) is 68.0 Å². The van der Waals surface area contributed by atoms with E-state index in [1.54, 1.807) is 24.3 Å². The minimum absolute atomic E-state index is 0.0948. The Labute approximate surface area is 168 Å². The van der Waals surface area contributed by atoms with E-state index in [1.807, 2.05) is 0 Å². The Morgan fingerprint density at radius 2 is 1.93 bits per heavy atom. The van der Waals surface area contributed by atoms with Crippen LogP contribution in [-0.4, -0.2) is 31.2 Å². The molecule has 0 saturated heterocycles. The predicted molar refractivity (Wildman–Crippen MR) is 108 cm³/mol. The number of aromatic amines is 1. The van der Waals surface area contributed by atoms with E-state index in [4.69, 9.17) is 4.74 Å². The number of methoxy groups -OCH3 is 1. The van der Waals surface area contributed by atoms with Crippen molar-refractivity contribution in [3.05, 3.63) is 65.6 Å². The normalized spacial score (nSPS) is 18.8. The second-order valence-corrected chi connectivity index (χ2v) is 9.95. The van der Waals surface area contributed by atoms with Gasteiger partial charge in [-0.15, -0.1) is 0 Å². The summed E-state index contributed by atoms with van der Waals surface area (Å²) in [6, 6.07) is 12.5. The predicted octanol–water partition coefficient (Wildman–Crippen LogP) is 3.82. The number of hydrogen-bond acceptors (Lipinski definition) is 4. The fraction of sp³-hybridized carbons (Fsp3) is 0.318. The number of nitrogens with one attached hydrogen (secondary N) is 1. The van der Waals surface area contributed by atoms with Crippen molar-refractivity contribution in [1.82, 2.24) is 4.98 Å². The standard InChI is InChI=1S/C22H22FNO4S/c1-22(21(25)28-2,29(26,27)16-6-4-3-5-7-16)14-8-10-17-18-13-15(23)9-11-19(18)24-20(17)12-14/h3-7,9,11,13-14,24H,8,10,12H2,1-2H3. The monoisotopic (exact) mass is 415 g/mol. The van der Waals surface area contributed by atoms with E-state index >= 15 is 0 Å². The van der Waals surface area contributed by atoms with Crippen LogP contribution in [0.3, 0.4) is 0 Å². The topological polar surface area (TPSA) is 76.2 Å². The molecule has 1 N–H and O–H groups in total. The quantitative estimate of drug-likeness (QED) is 0.658. The molecule has 2 unspecified atom stereocenters. The molecule has 0 saturated carbocycles. The fourth-order valence-corrected chi connectivity index (χ4v) is 6.36. The first-order valence-electron chi connectivity index (χ1n) is 9.46. The number of carbonyl (C=O) groups is 1. The van der Waals surface area contributed by atoms with E-state index in [0.717, 1.165) is 22.2 Å². The summed E-state index contributed by atoms with van der Waals surface area (Å²) in [6.07, 6.45) is 1.40. The van der Waals surface area contributed by atoms with E-state index in [1.165, 1.54) is 38.3 Å². The van der Waals surface area contributed by atoms with E-state index in [0.29, 0.717) is 19.3 Å². The zero-order valence-electron chi connectivity index (χ0n) is 16.2. The second kappa shape index (κ2) is 6.99. The molecule has 1 aliphatic rings. The van der Waals surface area contributed by atoms with Crippen molar-refractivity contribution in [2.45, 2.75) is 35.8 Å². The molecule has 0 spiro atoms. The number of fused-ring (bicyclic) bond motifs is 3. The molecule has 1 heterocycles. The van der Waals surface area contributed by atoms with Gasteiger partial charge in [0, 0.05) is 16.6 Å². The van der Waals surface area contributed by atoms with E-state index < -0.39 is 26.5 Å². The van der Waals surface area contributed by atoms with Crippen LogP contribution in [0.2, 0.25) is 0 Å². The van der Waals surface area contributed by atoms with Crippen molar-refractivity contribution in [2.75, 3.05) is 7.11 Å². The van der Waals surface area contributed by atoms with Crippen molar-refractivity contribution in [1.29, 1.82) is 0 Å². The third-order valence-electron chi connectivity index (χ3n) is 6.13. The van der Waals surface area contributed by atoms with E-state index in [2.05, 4.69) is 4.98 Å². The molecule has 0 fully saturated rings. The second-order valence-electron chi connectivity index (χ2n) is 7.63. The summed E-state index contributed by atoms with van der Waals surface area (Å²) in [6.45, 7) is 1.46. The van der Waals surface area contributed by atoms with Crippen LogP contribution in [0, 0.1) is 11.7 Å². The lowest BCUT2D eigenvalue weighted by atomic mass is 9.79. The van der Waals surface area contributed by atoms with Crippen LogP contribution in [0.15, 0.2) is 53.4 Å². The molecule has 4 rings (SSSR count). The molecule has 0 radical (unpaired) electrons. The highest BCUT2D eigenvalue weighted by molar-refractivity contribution is 7.93. The molecule has 7 heteroatoms. The third-order valence-corrected chi connectivity index (χ3v) is 8.64. The van der Waals surface area contributed by atoms with Gasteiger partial charge in [-0.3, -0.25) is 4.79 Å². The molecule has 0 amide bonds. The average Bonchev–Trinajstić information content (AvgIpc) is 3.10. The van der Waals surface area contributed by atoms with Crippen LogP contribution in [0.4, 0.5) is 4.39 Å². The first kappa shape index (κ1) is 19.6. The van der Waals surface area contributed by atoms with Crippen molar-refractivity contribution in [3.63, 3.8) is 0 Å².